The zero-order chi connectivity index (χ0) is 16.9. The van der Waals surface area contributed by atoms with Crippen LogP contribution in [0.25, 0.3) is 0 Å². The fourth-order valence-corrected chi connectivity index (χ4v) is 2.80. The van der Waals surface area contributed by atoms with E-state index in [-0.39, 0.29) is 18.4 Å². The molecule has 1 aliphatic heterocycles. The van der Waals surface area contributed by atoms with E-state index in [0.29, 0.717) is 17.7 Å². The van der Waals surface area contributed by atoms with Gasteiger partial charge in [-0.25, -0.2) is 0 Å². The first kappa shape index (κ1) is 16.5. The number of alkyl halides is 1. The van der Waals surface area contributed by atoms with Crippen LogP contribution in [-0.4, -0.2) is 28.7 Å². The van der Waals surface area contributed by atoms with Gasteiger partial charge in [-0.2, -0.15) is 0 Å². The molecule has 0 saturated heterocycles. The third kappa shape index (κ3) is 3.41. The van der Waals surface area contributed by atoms with Crippen molar-refractivity contribution >= 4 is 27.7 Å². The number of halogens is 1. The summed E-state index contributed by atoms with van der Waals surface area (Å²) in [5.74, 6) is 0.270. The van der Waals surface area contributed by atoms with Gasteiger partial charge in [0.1, 0.15) is 12.4 Å². The molecular formula is C19H16BrNO3. The van der Waals surface area contributed by atoms with Gasteiger partial charge in [0.05, 0.1) is 17.7 Å². The lowest BCUT2D eigenvalue weighted by molar-refractivity contribution is 0.0642. The molecular weight excluding hydrogens is 370 g/mol. The van der Waals surface area contributed by atoms with Gasteiger partial charge < -0.3 is 4.74 Å². The SMILES string of the molecule is O=C1c2ccccc2C(=O)N1Cc1ccc(OCC=CCBr)cc1. The molecule has 2 aromatic rings. The number of fused-ring (bicyclic) bond motifs is 1. The van der Waals surface area contributed by atoms with Gasteiger partial charge in [-0.3, -0.25) is 14.5 Å². The first-order chi connectivity index (χ1) is 11.7. The highest BCUT2D eigenvalue weighted by atomic mass is 79.9. The summed E-state index contributed by atoms with van der Waals surface area (Å²) in [7, 11) is 0. The summed E-state index contributed by atoms with van der Waals surface area (Å²) in [6, 6.07) is 14.3. The third-order valence-corrected chi connectivity index (χ3v) is 4.12. The van der Waals surface area contributed by atoms with Crippen LogP contribution in [0.4, 0.5) is 0 Å². The largest absolute Gasteiger partial charge is 0.490 e. The van der Waals surface area contributed by atoms with Gasteiger partial charge in [-0.15, -0.1) is 0 Å². The van der Waals surface area contributed by atoms with Crippen molar-refractivity contribution in [3.05, 3.63) is 77.4 Å². The minimum Gasteiger partial charge on any atom is -0.490 e. The molecule has 5 heteroatoms. The number of carbonyl (C=O) groups is 2. The van der Waals surface area contributed by atoms with Crippen LogP contribution in [0.15, 0.2) is 60.7 Å². The van der Waals surface area contributed by atoms with E-state index >= 15 is 0 Å². The van der Waals surface area contributed by atoms with E-state index < -0.39 is 0 Å². The molecule has 1 heterocycles. The molecule has 0 aliphatic carbocycles. The summed E-state index contributed by atoms with van der Waals surface area (Å²) in [4.78, 5) is 26.0. The van der Waals surface area contributed by atoms with Gasteiger partial charge in [0.2, 0.25) is 0 Å². The van der Waals surface area contributed by atoms with Crippen molar-refractivity contribution in [3.8, 4) is 5.75 Å². The predicted octanol–water partition coefficient (Wildman–Crippen LogP) is 3.81. The van der Waals surface area contributed by atoms with Gasteiger partial charge in [0.15, 0.2) is 0 Å². The van der Waals surface area contributed by atoms with Crippen molar-refractivity contribution in [3.63, 3.8) is 0 Å². The van der Waals surface area contributed by atoms with Crippen molar-refractivity contribution in [2.75, 3.05) is 11.9 Å². The fourth-order valence-electron chi connectivity index (χ4n) is 2.53. The molecule has 0 spiro atoms. The van der Waals surface area contributed by atoms with Gasteiger partial charge in [0.25, 0.3) is 11.8 Å². The average molecular weight is 386 g/mol. The zero-order valence-electron chi connectivity index (χ0n) is 12.9. The summed E-state index contributed by atoms with van der Waals surface area (Å²) in [5, 5.41) is 0.801. The monoisotopic (exact) mass is 385 g/mol. The Morgan fingerprint density at radius 3 is 2.12 bits per heavy atom. The van der Waals surface area contributed by atoms with Crippen LogP contribution in [0.2, 0.25) is 0 Å². The molecule has 4 nitrogen and oxygen atoms in total. The summed E-state index contributed by atoms with van der Waals surface area (Å²) in [6.07, 6.45) is 3.90. The number of amides is 2. The van der Waals surface area contributed by atoms with Crippen LogP contribution in [-0.2, 0) is 6.54 Å². The highest BCUT2D eigenvalue weighted by Gasteiger charge is 2.34. The minimum atomic E-state index is -0.240. The van der Waals surface area contributed by atoms with E-state index in [1.807, 2.05) is 36.4 Å². The summed E-state index contributed by atoms with van der Waals surface area (Å²) in [6.45, 7) is 0.763. The number of allylic oxidation sites excluding steroid dienone is 1. The maximum Gasteiger partial charge on any atom is 0.261 e. The summed E-state index contributed by atoms with van der Waals surface area (Å²) in [5.41, 5.74) is 1.83. The first-order valence-corrected chi connectivity index (χ1v) is 8.71. The lowest BCUT2D eigenvalue weighted by Gasteiger charge is -2.14. The first-order valence-electron chi connectivity index (χ1n) is 7.58. The Bertz CT molecular complexity index is 748. The fraction of sp³-hybridized carbons (Fsp3) is 0.158. The number of hydrogen-bond donors (Lipinski definition) is 0. The van der Waals surface area contributed by atoms with E-state index in [1.165, 1.54) is 4.90 Å². The predicted molar refractivity (Wildman–Crippen MR) is 95.5 cm³/mol. The van der Waals surface area contributed by atoms with Gasteiger partial charge in [-0.1, -0.05) is 52.3 Å². The molecule has 0 N–H and O–H groups in total. The number of ether oxygens (including phenoxy) is 1. The highest BCUT2D eigenvalue weighted by molar-refractivity contribution is 9.09. The van der Waals surface area contributed by atoms with E-state index in [4.69, 9.17) is 4.74 Å². The number of benzene rings is 2. The summed E-state index contributed by atoms with van der Waals surface area (Å²) >= 11 is 3.31. The van der Waals surface area contributed by atoms with E-state index in [2.05, 4.69) is 15.9 Å². The quantitative estimate of drug-likeness (QED) is 0.431. The molecule has 122 valence electrons. The van der Waals surface area contributed by atoms with Crippen molar-refractivity contribution in [2.24, 2.45) is 0 Å². The van der Waals surface area contributed by atoms with Crippen molar-refractivity contribution in [1.82, 2.24) is 4.90 Å². The Balaban J connectivity index is 1.66. The normalized spacial score (nSPS) is 13.6. The van der Waals surface area contributed by atoms with E-state index in [1.54, 1.807) is 24.3 Å². The number of rotatable bonds is 6. The molecule has 0 radical (unpaired) electrons. The second kappa shape index (κ2) is 7.45. The van der Waals surface area contributed by atoms with Crippen LogP contribution >= 0.6 is 15.9 Å². The molecule has 0 atom stereocenters. The van der Waals surface area contributed by atoms with Gasteiger partial charge >= 0.3 is 0 Å². The van der Waals surface area contributed by atoms with Crippen LogP contribution in [0, 0.1) is 0 Å². The summed E-state index contributed by atoms with van der Waals surface area (Å²) < 4.78 is 5.57. The minimum absolute atomic E-state index is 0.240. The standard InChI is InChI=1S/C19H16BrNO3/c20-11-3-4-12-24-15-9-7-14(8-10-15)13-21-18(22)16-5-1-2-6-17(16)19(21)23/h1-10H,11-13H2. The van der Waals surface area contributed by atoms with E-state index in [0.717, 1.165) is 16.6 Å². The topological polar surface area (TPSA) is 46.6 Å². The maximum absolute atomic E-state index is 12.4. The van der Waals surface area contributed by atoms with Crippen LogP contribution < -0.4 is 4.74 Å². The maximum atomic E-state index is 12.4. The Labute approximate surface area is 148 Å². The molecule has 0 saturated carbocycles. The second-order valence-corrected chi connectivity index (χ2v) is 5.97. The average Bonchev–Trinajstić information content (AvgIpc) is 2.85. The Morgan fingerprint density at radius 1 is 0.917 bits per heavy atom. The number of carbonyl (C=O) groups excluding carboxylic acids is 2. The molecule has 0 aromatic heterocycles. The number of nitrogens with zero attached hydrogens (tertiary/aromatic N) is 1. The van der Waals surface area contributed by atoms with Gasteiger partial charge in [0, 0.05) is 5.33 Å². The number of imide groups is 1. The second-order valence-electron chi connectivity index (χ2n) is 5.32. The van der Waals surface area contributed by atoms with Crippen molar-refractivity contribution in [2.45, 2.75) is 6.54 Å². The lowest BCUT2D eigenvalue weighted by atomic mass is 10.1. The molecule has 0 bridgehead atoms. The Morgan fingerprint density at radius 2 is 1.54 bits per heavy atom. The molecule has 2 amide bonds. The molecule has 0 fully saturated rings. The molecule has 2 aromatic carbocycles. The van der Waals surface area contributed by atoms with Crippen molar-refractivity contribution < 1.29 is 14.3 Å². The molecule has 3 rings (SSSR count). The van der Waals surface area contributed by atoms with Gasteiger partial charge in [-0.05, 0) is 29.8 Å². The lowest BCUT2D eigenvalue weighted by Crippen LogP contribution is -2.29. The highest BCUT2D eigenvalue weighted by Crippen LogP contribution is 2.24. The number of hydrogen-bond acceptors (Lipinski definition) is 3. The zero-order valence-corrected chi connectivity index (χ0v) is 14.5. The van der Waals surface area contributed by atoms with Crippen LogP contribution in [0.5, 0.6) is 5.75 Å². The third-order valence-electron chi connectivity index (χ3n) is 3.74. The van der Waals surface area contributed by atoms with E-state index in [9.17, 15) is 9.59 Å². The smallest absolute Gasteiger partial charge is 0.261 e. The van der Waals surface area contributed by atoms with Crippen LogP contribution in [0.1, 0.15) is 26.3 Å². The Kier molecular flexibility index (Phi) is 5.11. The Hall–Kier alpha value is -2.40. The van der Waals surface area contributed by atoms with Crippen molar-refractivity contribution in [1.29, 1.82) is 0 Å². The molecule has 0 unspecified atom stereocenters. The molecule has 24 heavy (non-hydrogen) atoms. The van der Waals surface area contributed by atoms with Crippen LogP contribution in [0.3, 0.4) is 0 Å². The molecule has 1 aliphatic rings.